The fraction of sp³-hybridized carbons (Fsp3) is 0.636. The molecule has 1 aliphatic rings. The number of nitrogens with one attached hydrogen (secondary N) is 1. The van der Waals surface area contributed by atoms with Crippen molar-refractivity contribution < 1.29 is 19.7 Å². The van der Waals surface area contributed by atoms with Crippen LogP contribution in [0, 0.1) is 0 Å². The van der Waals surface area contributed by atoms with Gasteiger partial charge in [0.25, 0.3) is 0 Å². The first-order valence-electron chi connectivity index (χ1n) is 5.86. The summed E-state index contributed by atoms with van der Waals surface area (Å²) in [5.41, 5.74) is -0.523. The molecule has 1 aliphatic heterocycles. The molecule has 0 saturated carbocycles. The lowest BCUT2D eigenvalue weighted by molar-refractivity contribution is -0.0624. The van der Waals surface area contributed by atoms with Crippen molar-refractivity contribution in [3.63, 3.8) is 0 Å². The zero-order valence-corrected chi connectivity index (χ0v) is 10.7. The van der Waals surface area contributed by atoms with E-state index in [2.05, 4.69) is 10.3 Å². The fourth-order valence-corrected chi connectivity index (χ4v) is 2.09. The number of aliphatic hydroxyl groups excluding tert-OH is 2. The van der Waals surface area contributed by atoms with Gasteiger partial charge in [0, 0.05) is 20.4 Å². The molecule has 1 aromatic heterocycles. The lowest BCUT2D eigenvalue weighted by atomic mass is 10.1. The number of ether oxygens (including phenoxy) is 2. The molecule has 1 saturated heterocycles. The SMILES string of the molecule is CNc1ccn([C@@H]2O[C@H](CO)C(O)[C@@H]2OC)c(=O)n1. The molecule has 106 valence electrons. The Kier molecular flexibility index (Phi) is 4.15. The molecular weight excluding hydrogens is 254 g/mol. The van der Waals surface area contributed by atoms with Crippen LogP contribution in [0.1, 0.15) is 6.23 Å². The molecule has 0 spiro atoms. The van der Waals surface area contributed by atoms with Crippen LogP contribution in [0.15, 0.2) is 17.1 Å². The summed E-state index contributed by atoms with van der Waals surface area (Å²) in [6.07, 6.45) is -1.84. The van der Waals surface area contributed by atoms with Crippen LogP contribution in [0.3, 0.4) is 0 Å². The average molecular weight is 271 g/mol. The summed E-state index contributed by atoms with van der Waals surface area (Å²) < 4.78 is 11.8. The largest absolute Gasteiger partial charge is 0.394 e. The summed E-state index contributed by atoms with van der Waals surface area (Å²) >= 11 is 0. The van der Waals surface area contributed by atoms with Crippen molar-refractivity contribution in [3.05, 3.63) is 22.7 Å². The lowest BCUT2D eigenvalue weighted by Crippen LogP contribution is -2.37. The Balaban J connectivity index is 2.33. The molecule has 0 aromatic carbocycles. The van der Waals surface area contributed by atoms with Crippen molar-refractivity contribution in [1.29, 1.82) is 0 Å². The number of nitrogens with zero attached hydrogens (tertiary/aromatic N) is 2. The number of methoxy groups -OCH3 is 1. The maximum Gasteiger partial charge on any atom is 0.351 e. The minimum atomic E-state index is -1.00. The number of rotatable bonds is 4. The van der Waals surface area contributed by atoms with E-state index in [1.165, 1.54) is 17.9 Å². The van der Waals surface area contributed by atoms with E-state index >= 15 is 0 Å². The van der Waals surface area contributed by atoms with Gasteiger partial charge in [-0.2, -0.15) is 4.98 Å². The van der Waals surface area contributed by atoms with Gasteiger partial charge in [0.1, 0.15) is 24.1 Å². The minimum Gasteiger partial charge on any atom is -0.394 e. The molecule has 8 nitrogen and oxygen atoms in total. The van der Waals surface area contributed by atoms with Gasteiger partial charge in [0.05, 0.1) is 6.61 Å². The third kappa shape index (κ3) is 2.47. The standard InChI is InChI=1S/C11H17N3O5/c1-12-7-3-4-14(11(17)13-7)10-9(18-2)8(16)6(5-15)19-10/h3-4,6,8-10,15-16H,5H2,1-2H3,(H,12,13,17)/t6-,8?,9+,10-/m1/s1. The molecule has 8 heteroatoms. The van der Waals surface area contributed by atoms with Crippen molar-refractivity contribution >= 4 is 5.82 Å². The van der Waals surface area contributed by atoms with Gasteiger partial charge in [-0.25, -0.2) is 4.79 Å². The van der Waals surface area contributed by atoms with Crippen LogP contribution in [0.5, 0.6) is 0 Å². The Hall–Kier alpha value is -1.48. The van der Waals surface area contributed by atoms with E-state index in [1.54, 1.807) is 13.1 Å². The highest BCUT2D eigenvalue weighted by Crippen LogP contribution is 2.30. The maximum absolute atomic E-state index is 11.9. The summed E-state index contributed by atoms with van der Waals surface area (Å²) in [6, 6.07) is 1.61. The molecule has 3 N–H and O–H groups in total. The van der Waals surface area contributed by atoms with Crippen LogP contribution in [0.2, 0.25) is 0 Å². The Morgan fingerprint density at radius 1 is 1.63 bits per heavy atom. The second-order valence-corrected chi connectivity index (χ2v) is 4.19. The third-order valence-corrected chi connectivity index (χ3v) is 3.13. The molecule has 0 bridgehead atoms. The molecule has 4 atom stereocenters. The summed E-state index contributed by atoms with van der Waals surface area (Å²) in [5, 5.41) is 21.8. The van der Waals surface area contributed by atoms with E-state index in [9.17, 15) is 9.90 Å². The summed E-state index contributed by atoms with van der Waals surface area (Å²) in [5.74, 6) is 0.437. The summed E-state index contributed by atoms with van der Waals surface area (Å²) in [7, 11) is 3.06. The van der Waals surface area contributed by atoms with E-state index < -0.39 is 30.2 Å². The quantitative estimate of drug-likeness (QED) is 0.615. The second-order valence-electron chi connectivity index (χ2n) is 4.19. The molecular formula is C11H17N3O5. The Morgan fingerprint density at radius 3 is 2.89 bits per heavy atom. The first-order chi connectivity index (χ1) is 9.12. The molecule has 1 unspecified atom stereocenters. The molecule has 0 amide bonds. The van der Waals surface area contributed by atoms with E-state index in [0.717, 1.165) is 0 Å². The third-order valence-electron chi connectivity index (χ3n) is 3.13. The van der Waals surface area contributed by atoms with Crippen molar-refractivity contribution in [1.82, 2.24) is 9.55 Å². The number of hydrogen-bond donors (Lipinski definition) is 3. The van der Waals surface area contributed by atoms with Crippen molar-refractivity contribution in [2.75, 3.05) is 26.1 Å². The molecule has 1 aromatic rings. The van der Waals surface area contributed by atoms with Gasteiger partial charge in [-0.15, -0.1) is 0 Å². The van der Waals surface area contributed by atoms with Crippen LogP contribution in [-0.4, -0.2) is 58.8 Å². The fourth-order valence-electron chi connectivity index (χ4n) is 2.09. The van der Waals surface area contributed by atoms with Crippen molar-refractivity contribution in [2.24, 2.45) is 0 Å². The number of aliphatic hydroxyl groups is 2. The van der Waals surface area contributed by atoms with Gasteiger partial charge in [-0.05, 0) is 6.07 Å². The van der Waals surface area contributed by atoms with Crippen LogP contribution < -0.4 is 11.0 Å². The number of aromatic nitrogens is 2. The molecule has 2 rings (SSSR count). The van der Waals surface area contributed by atoms with Gasteiger partial charge in [-0.1, -0.05) is 0 Å². The highest BCUT2D eigenvalue weighted by molar-refractivity contribution is 5.30. The predicted octanol–water partition coefficient (Wildman–Crippen LogP) is -1.45. The highest BCUT2D eigenvalue weighted by atomic mass is 16.6. The van der Waals surface area contributed by atoms with E-state index in [4.69, 9.17) is 14.6 Å². The van der Waals surface area contributed by atoms with Crippen LogP contribution >= 0.6 is 0 Å². The first-order valence-corrected chi connectivity index (χ1v) is 5.86. The summed E-state index contributed by atoms with van der Waals surface area (Å²) in [4.78, 5) is 15.7. The molecule has 2 heterocycles. The van der Waals surface area contributed by atoms with E-state index in [0.29, 0.717) is 5.82 Å². The van der Waals surface area contributed by atoms with Gasteiger partial charge in [0.2, 0.25) is 0 Å². The number of anilines is 1. The van der Waals surface area contributed by atoms with Crippen LogP contribution in [0.25, 0.3) is 0 Å². The van der Waals surface area contributed by atoms with Crippen LogP contribution in [-0.2, 0) is 9.47 Å². The zero-order chi connectivity index (χ0) is 14.0. The van der Waals surface area contributed by atoms with Crippen molar-refractivity contribution in [3.8, 4) is 0 Å². The Bertz CT molecular complexity index is 491. The monoisotopic (exact) mass is 271 g/mol. The normalized spacial score (nSPS) is 30.5. The van der Waals surface area contributed by atoms with Gasteiger partial charge >= 0.3 is 5.69 Å². The smallest absolute Gasteiger partial charge is 0.351 e. The average Bonchev–Trinajstić information content (AvgIpc) is 2.74. The topological polar surface area (TPSA) is 106 Å². The van der Waals surface area contributed by atoms with Crippen LogP contribution in [0.4, 0.5) is 5.82 Å². The number of hydrogen-bond acceptors (Lipinski definition) is 7. The molecule has 0 radical (unpaired) electrons. The highest BCUT2D eigenvalue weighted by Gasteiger charge is 2.45. The Labute approximate surface area is 109 Å². The predicted molar refractivity (Wildman–Crippen MR) is 65.8 cm³/mol. The molecule has 19 heavy (non-hydrogen) atoms. The van der Waals surface area contributed by atoms with Crippen molar-refractivity contribution in [2.45, 2.75) is 24.5 Å². The molecule has 1 fully saturated rings. The minimum absolute atomic E-state index is 0.353. The summed E-state index contributed by atoms with van der Waals surface area (Å²) in [6.45, 7) is -0.353. The van der Waals surface area contributed by atoms with E-state index in [1.807, 2.05) is 0 Å². The van der Waals surface area contributed by atoms with Gasteiger partial charge in [-0.3, -0.25) is 4.57 Å². The van der Waals surface area contributed by atoms with E-state index in [-0.39, 0.29) is 6.61 Å². The maximum atomic E-state index is 11.9. The lowest BCUT2D eigenvalue weighted by Gasteiger charge is -2.20. The van der Waals surface area contributed by atoms with Gasteiger partial charge in [0.15, 0.2) is 6.23 Å². The second kappa shape index (κ2) is 5.66. The first kappa shape index (κ1) is 13.9. The zero-order valence-electron chi connectivity index (χ0n) is 10.7. The molecule has 0 aliphatic carbocycles. The van der Waals surface area contributed by atoms with Gasteiger partial charge < -0.3 is 25.0 Å². The Morgan fingerprint density at radius 2 is 2.37 bits per heavy atom.